The van der Waals surface area contributed by atoms with E-state index in [4.69, 9.17) is 4.42 Å². The number of likely N-dealkylation sites (tertiary alicyclic amines) is 2. The third kappa shape index (κ3) is 4.92. The summed E-state index contributed by atoms with van der Waals surface area (Å²) in [5.41, 5.74) is 2.03. The van der Waals surface area contributed by atoms with Crippen LogP contribution in [0, 0.1) is 5.92 Å². The van der Waals surface area contributed by atoms with Crippen LogP contribution in [0.2, 0.25) is 0 Å². The average molecular weight is 739 g/mol. The quantitative estimate of drug-likeness (QED) is 0.312. The number of piperidine rings is 2. The monoisotopic (exact) mass is 738 g/mol. The summed E-state index contributed by atoms with van der Waals surface area (Å²) < 4.78 is 5.33. The fraction of sp³-hybridized carbons (Fsp3) is 0.286. The van der Waals surface area contributed by atoms with E-state index in [2.05, 4.69) is 10.2 Å². The fourth-order valence-corrected chi connectivity index (χ4v) is 9.70. The molecular weight excluding hydrogens is 700 g/mol. The second kappa shape index (κ2) is 13.0. The molecule has 0 aliphatic carbocycles. The van der Waals surface area contributed by atoms with Crippen LogP contribution < -0.4 is 19.2 Å². The van der Waals surface area contributed by atoms with Crippen LogP contribution in [0.5, 0.6) is 0 Å². The van der Waals surface area contributed by atoms with E-state index in [1.54, 1.807) is 48.6 Å². The van der Waals surface area contributed by atoms with E-state index in [1.807, 2.05) is 60.7 Å². The molecule has 3 atom stereocenters. The molecule has 4 bridgehead atoms. The highest BCUT2D eigenvalue weighted by atomic mass is 16.4. The molecule has 6 aliphatic heterocycles. The van der Waals surface area contributed by atoms with Gasteiger partial charge in [-0.3, -0.25) is 0 Å². The van der Waals surface area contributed by atoms with Crippen LogP contribution in [0.4, 0.5) is 21.6 Å². The highest BCUT2D eigenvalue weighted by Gasteiger charge is 2.68. The van der Waals surface area contributed by atoms with Crippen molar-refractivity contribution in [3.8, 4) is 0 Å². The second-order valence-electron chi connectivity index (χ2n) is 14.9. The minimum atomic E-state index is -1.67. The zero-order valence-corrected chi connectivity index (χ0v) is 30.0. The number of nitrogens with zero attached hydrogens (tertiary/aromatic N) is 6. The number of benzene rings is 2. The molecular formula is C42H38N6O7. The topological polar surface area (TPSA) is 160 Å². The molecule has 3 aromatic rings. The van der Waals surface area contributed by atoms with E-state index in [9.17, 15) is 24.6 Å². The van der Waals surface area contributed by atoms with Crippen LogP contribution in [0.3, 0.4) is 0 Å². The molecule has 0 spiro atoms. The molecule has 1 aromatic heterocycles. The SMILES string of the molecule is O=C([O-])N1CCCC[C@H]1C(=O)[N+]1(c2nnc([N+]3(C(=O)[C@]4(Cc5ccccc5)C(Cc5ccccc5)CCCN4C(=O)[O-])C4=CC=C3C=C4)o2)C2=CC=C1C=C2. The highest BCUT2D eigenvalue weighted by Crippen LogP contribution is 2.53. The van der Waals surface area contributed by atoms with Crippen LogP contribution >= 0.6 is 0 Å². The van der Waals surface area contributed by atoms with Crippen LogP contribution in [0.25, 0.3) is 0 Å². The maximum Gasteiger partial charge on any atom is 0.447 e. The molecule has 55 heavy (non-hydrogen) atoms. The van der Waals surface area contributed by atoms with Gasteiger partial charge < -0.3 is 34.0 Å². The first-order chi connectivity index (χ1) is 26.7. The van der Waals surface area contributed by atoms with Gasteiger partial charge in [-0.1, -0.05) is 60.7 Å². The van der Waals surface area contributed by atoms with Crippen LogP contribution in [0.15, 0.2) is 136 Å². The third-order valence-corrected chi connectivity index (χ3v) is 12.2. The fourth-order valence-electron chi connectivity index (χ4n) is 9.70. The number of aromatic nitrogens is 2. The highest BCUT2D eigenvalue weighted by molar-refractivity contribution is 6.05. The first-order valence-corrected chi connectivity index (χ1v) is 18.7. The van der Waals surface area contributed by atoms with E-state index in [1.165, 1.54) is 4.90 Å². The van der Waals surface area contributed by atoms with Gasteiger partial charge in [0.2, 0.25) is 0 Å². The predicted molar refractivity (Wildman–Crippen MR) is 196 cm³/mol. The maximum absolute atomic E-state index is 16.3. The smallest absolute Gasteiger partial charge is 0.447 e. The summed E-state index contributed by atoms with van der Waals surface area (Å²) in [7, 11) is 0. The minimum Gasteiger partial charge on any atom is -0.530 e. The number of carbonyl (C=O) groups excluding carboxylic acids is 4. The Hall–Kier alpha value is -6.18. The van der Waals surface area contributed by atoms with Crippen molar-refractivity contribution in [2.75, 3.05) is 13.1 Å². The average Bonchev–Trinajstić information content (AvgIpc) is 4.05. The summed E-state index contributed by atoms with van der Waals surface area (Å²) in [6.45, 7) is 0.246. The predicted octanol–water partition coefficient (Wildman–Crippen LogP) is 3.92. The molecule has 2 aromatic carbocycles. The van der Waals surface area contributed by atoms with Gasteiger partial charge >= 0.3 is 23.8 Å². The number of hydrogen-bond acceptors (Lipinski definition) is 9. The number of allylic oxidation sites excluding steroid dienone is 8. The summed E-state index contributed by atoms with van der Waals surface area (Å²) in [6, 6.07) is 17.7. The van der Waals surface area contributed by atoms with Crippen molar-refractivity contribution in [2.45, 2.75) is 56.5 Å². The van der Waals surface area contributed by atoms with Crippen molar-refractivity contribution in [3.63, 3.8) is 0 Å². The first-order valence-electron chi connectivity index (χ1n) is 18.7. The molecule has 0 saturated carbocycles. The second-order valence-corrected chi connectivity index (χ2v) is 14.9. The number of fused-ring (bicyclic) bond motifs is 4. The number of quaternary nitrogens is 2. The van der Waals surface area contributed by atoms with Gasteiger partial charge in [-0.25, -0.2) is 9.59 Å². The number of carboxylic acid groups (broad SMARTS) is 2. The largest absolute Gasteiger partial charge is 0.530 e. The van der Waals surface area contributed by atoms with Gasteiger partial charge in [0.25, 0.3) is 0 Å². The standard InChI is InChI=1S/C42H38N6O7/c49-36(35-15-7-8-24-45(35)40(51)52)47(31-16-17-32(47)19-18-31)38-43-44-39(55-38)48(33-20-21-34(48)23-22-33)37(50)42(27-29-12-5-2-6-13-29)30(14-9-25-46(42)41(53)54)26-28-10-3-1-4-11-28/h1-6,10-13,16-23,30,35H,7-9,14-15,24-27H2/t30?,35-,42-/m0/s1. The number of amides is 4. The number of hydrogen-bond donors (Lipinski definition) is 0. The molecule has 7 heterocycles. The van der Waals surface area contributed by atoms with Crippen LogP contribution in [-0.2, 0) is 22.4 Å². The van der Waals surface area contributed by atoms with Gasteiger partial charge in [0.05, 0.1) is 0 Å². The van der Waals surface area contributed by atoms with E-state index < -0.39 is 50.5 Å². The summed E-state index contributed by atoms with van der Waals surface area (Å²) >= 11 is 0. The Balaban J connectivity index is 1.22. The molecule has 2 fully saturated rings. The molecule has 9 rings (SSSR count). The van der Waals surface area contributed by atoms with Gasteiger partial charge in [-0.2, -0.15) is 0 Å². The van der Waals surface area contributed by atoms with E-state index >= 15 is 4.79 Å². The Morgan fingerprint density at radius 1 is 0.691 bits per heavy atom. The number of rotatable bonds is 8. The molecule has 2 saturated heterocycles. The van der Waals surface area contributed by atoms with Crippen molar-refractivity contribution < 1.29 is 33.8 Å². The Kier molecular flexibility index (Phi) is 8.17. The lowest BCUT2D eigenvalue weighted by atomic mass is 9.69. The van der Waals surface area contributed by atoms with Crippen LogP contribution in [-0.4, -0.2) is 68.7 Å². The Labute approximate surface area is 316 Å². The summed E-state index contributed by atoms with van der Waals surface area (Å²) in [6.07, 6.45) is 14.4. The minimum absolute atomic E-state index is 0.0582. The summed E-state index contributed by atoms with van der Waals surface area (Å²) in [4.78, 5) is 59.0. The zero-order valence-electron chi connectivity index (χ0n) is 30.0. The van der Waals surface area contributed by atoms with E-state index in [0.29, 0.717) is 61.3 Å². The molecule has 0 radical (unpaired) electrons. The molecule has 0 N–H and O–H groups in total. The van der Waals surface area contributed by atoms with Gasteiger partial charge in [-0.15, -0.1) is 8.97 Å². The first kappa shape index (κ1) is 34.6. The lowest BCUT2D eigenvalue weighted by Gasteiger charge is -2.52. The van der Waals surface area contributed by atoms with E-state index in [-0.39, 0.29) is 31.5 Å². The Morgan fingerprint density at radius 3 is 1.82 bits per heavy atom. The van der Waals surface area contributed by atoms with Crippen molar-refractivity contribution in [1.29, 1.82) is 0 Å². The van der Waals surface area contributed by atoms with Crippen molar-refractivity contribution >= 4 is 36.0 Å². The Bertz CT molecular complexity index is 2260. The lowest BCUT2D eigenvalue weighted by molar-refractivity contribution is -0.275. The van der Waals surface area contributed by atoms with Gasteiger partial charge in [0.15, 0.2) is 28.3 Å². The summed E-state index contributed by atoms with van der Waals surface area (Å²) in [5.74, 6) is -1.47. The number of carbonyl (C=O) groups is 4. The van der Waals surface area contributed by atoms with Crippen LogP contribution in [0.1, 0.15) is 43.2 Å². The third-order valence-electron chi connectivity index (χ3n) is 12.2. The molecule has 13 nitrogen and oxygen atoms in total. The molecule has 4 amide bonds. The van der Waals surface area contributed by atoms with Crippen molar-refractivity contribution in [3.05, 3.63) is 143 Å². The van der Waals surface area contributed by atoms with Gasteiger partial charge in [-0.05, 0) is 65.8 Å². The molecule has 6 aliphatic rings. The van der Waals surface area contributed by atoms with Crippen molar-refractivity contribution in [2.24, 2.45) is 5.92 Å². The normalized spacial score (nSPS) is 25.4. The Morgan fingerprint density at radius 2 is 1.25 bits per heavy atom. The van der Waals surface area contributed by atoms with Gasteiger partial charge in [0.1, 0.15) is 18.2 Å². The van der Waals surface area contributed by atoms with E-state index in [0.717, 1.165) is 16.0 Å². The van der Waals surface area contributed by atoms with Gasteiger partial charge in [0, 0.05) is 68.1 Å². The zero-order chi connectivity index (χ0) is 38.0. The molecule has 13 heteroatoms. The lowest BCUT2D eigenvalue weighted by Crippen LogP contribution is -2.73. The van der Waals surface area contributed by atoms with Crippen molar-refractivity contribution in [1.82, 2.24) is 29.0 Å². The molecule has 278 valence electrons. The molecule has 1 unspecified atom stereocenters. The maximum atomic E-state index is 16.3. The summed E-state index contributed by atoms with van der Waals surface area (Å²) in [5, 5.41) is 34.7.